The molecule has 2 nitrogen and oxygen atoms in total. The number of rotatable bonds is 4. The molecule has 27 heavy (non-hydrogen) atoms. The minimum atomic E-state index is -0.107. The summed E-state index contributed by atoms with van der Waals surface area (Å²) in [5, 5.41) is 0. The Labute approximate surface area is 168 Å². The van der Waals surface area contributed by atoms with E-state index >= 15 is 0 Å². The van der Waals surface area contributed by atoms with Crippen LogP contribution in [-0.2, 0) is 4.74 Å². The van der Waals surface area contributed by atoms with E-state index in [0.717, 1.165) is 16.7 Å². The zero-order chi connectivity index (χ0) is 18.5. The Kier molecular flexibility index (Phi) is 5.50. The molecule has 0 bridgehead atoms. The Morgan fingerprint density at radius 3 is 2.04 bits per heavy atom. The molecular weight excluding hydrogens is 398 g/mol. The summed E-state index contributed by atoms with van der Waals surface area (Å²) in [4.78, 5) is 4.93. The SMILES string of the molecule is Br[C@@H]1[C@H](/C=C/c2ccccc2)N=C(c2ccccc2)O[C@H]1c1ccccc1. The van der Waals surface area contributed by atoms with Crippen molar-refractivity contribution in [2.75, 3.05) is 0 Å². The molecule has 3 heteroatoms. The molecule has 0 saturated heterocycles. The second kappa shape index (κ2) is 8.36. The lowest BCUT2D eigenvalue weighted by molar-refractivity contribution is 0.169. The molecule has 0 N–H and O–H groups in total. The number of hydrogen-bond acceptors (Lipinski definition) is 2. The summed E-state index contributed by atoms with van der Waals surface area (Å²) in [5.74, 6) is 0.683. The predicted molar refractivity (Wildman–Crippen MR) is 115 cm³/mol. The smallest absolute Gasteiger partial charge is 0.217 e. The fraction of sp³-hybridized carbons (Fsp3) is 0.125. The van der Waals surface area contributed by atoms with Crippen molar-refractivity contribution in [1.82, 2.24) is 0 Å². The number of alkyl halides is 1. The van der Waals surface area contributed by atoms with Gasteiger partial charge in [0.15, 0.2) is 0 Å². The van der Waals surface area contributed by atoms with Gasteiger partial charge < -0.3 is 4.74 Å². The molecule has 0 aromatic heterocycles. The summed E-state index contributed by atoms with van der Waals surface area (Å²) in [7, 11) is 0. The summed E-state index contributed by atoms with van der Waals surface area (Å²) < 4.78 is 6.32. The highest BCUT2D eigenvalue weighted by molar-refractivity contribution is 9.09. The molecule has 134 valence electrons. The lowest BCUT2D eigenvalue weighted by atomic mass is 9.99. The monoisotopic (exact) mass is 417 g/mol. The van der Waals surface area contributed by atoms with Crippen molar-refractivity contribution in [3.05, 3.63) is 114 Å². The third kappa shape index (κ3) is 4.20. The Balaban J connectivity index is 1.69. The van der Waals surface area contributed by atoms with Gasteiger partial charge in [-0.2, -0.15) is 0 Å². The number of ether oxygens (including phenoxy) is 1. The number of nitrogens with zero attached hydrogens (tertiary/aromatic N) is 1. The van der Waals surface area contributed by atoms with E-state index in [1.807, 2.05) is 66.7 Å². The first-order valence-corrected chi connectivity index (χ1v) is 9.95. The zero-order valence-corrected chi connectivity index (χ0v) is 16.4. The number of benzene rings is 3. The van der Waals surface area contributed by atoms with Gasteiger partial charge in [0, 0.05) is 5.56 Å². The first kappa shape index (κ1) is 17.7. The summed E-state index contributed by atoms with van der Waals surface area (Å²) >= 11 is 3.85. The van der Waals surface area contributed by atoms with Crippen LogP contribution in [0.2, 0.25) is 0 Å². The molecule has 0 unspecified atom stereocenters. The van der Waals surface area contributed by atoms with Gasteiger partial charge in [-0.1, -0.05) is 107 Å². The molecule has 0 amide bonds. The second-order valence-corrected chi connectivity index (χ2v) is 7.51. The van der Waals surface area contributed by atoms with Gasteiger partial charge >= 0.3 is 0 Å². The molecule has 0 spiro atoms. The molecule has 0 saturated carbocycles. The molecule has 3 aromatic carbocycles. The zero-order valence-electron chi connectivity index (χ0n) is 14.8. The van der Waals surface area contributed by atoms with Crippen molar-refractivity contribution in [3.63, 3.8) is 0 Å². The van der Waals surface area contributed by atoms with Crippen LogP contribution in [0.15, 0.2) is 102 Å². The molecule has 1 aliphatic heterocycles. The summed E-state index contributed by atoms with van der Waals surface area (Å²) in [6.07, 6.45) is 4.17. The third-order valence-corrected chi connectivity index (χ3v) is 5.58. The average Bonchev–Trinajstić information content (AvgIpc) is 2.75. The molecule has 3 atom stereocenters. The Morgan fingerprint density at radius 2 is 1.37 bits per heavy atom. The van der Waals surface area contributed by atoms with E-state index in [9.17, 15) is 0 Å². The van der Waals surface area contributed by atoms with Crippen LogP contribution in [-0.4, -0.2) is 16.8 Å². The van der Waals surface area contributed by atoms with Crippen LogP contribution >= 0.6 is 15.9 Å². The fourth-order valence-corrected chi connectivity index (χ4v) is 3.85. The Bertz CT molecular complexity index is 922. The molecule has 0 aliphatic carbocycles. The lowest BCUT2D eigenvalue weighted by Crippen LogP contribution is -2.34. The van der Waals surface area contributed by atoms with Gasteiger partial charge in [0.1, 0.15) is 6.10 Å². The van der Waals surface area contributed by atoms with Gasteiger partial charge in [-0.15, -0.1) is 0 Å². The van der Waals surface area contributed by atoms with Gasteiger partial charge in [-0.05, 0) is 23.3 Å². The van der Waals surface area contributed by atoms with Crippen LogP contribution < -0.4 is 0 Å². The number of aliphatic imine (C=N–C) groups is 1. The number of hydrogen-bond donors (Lipinski definition) is 0. The quantitative estimate of drug-likeness (QED) is 0.473. The maximum Gasteiger partial charge on any atom is 0.217 e. The molecule has 4 rings (SSSR count). The highest BCUT2D eigenvalue weighted by Gasteiger charge is 2.34. The first-order chi connectivity index (χ1) is 13.3. The Hall–Kier alpha value is -2.65. The van der Waals surface area contributed by atoms with Gasteiger partial charge in [0.2, 0.25) is 5.90 Å². The molecule has 0 fully saturated rings. The van der Waals surface area contributed by atoms with Crippen molar-refractivity contribution in [2.24, 2.45) is 4.99 Å². The third-order valence-electron chi connectivity index (χ3n) is 4.55. The predicted octanol–water partition coefficient (Wildman–Crippen LogP) is 6.05. The van der Waals surface area contributed by atoms with Crippen LogP contribution in [0.25, 0.3) is 6.08 Å². The van der Waals surface area contributed by atoms with Crippen molar-refractivity contribution in [3.8, 4) is 0 Å². The maximum absolute atomic E-state index is 6.32. The van der Waals surface area contributed by atoms with Crippen molar-refractivity contribution in [1.29, 1.82) is 0 Å². The van der Waals surface area contributed by atoms with Crippen LogP contribution in [0.1, 0.15) is 22.8 Å². The topological polar surface area (TPSA) is 21.6 Å². The first-order valence-electron chi connectivity index (χ1n) is 9.03. The molecule has 0 radical (unpaired) electrons. The Morgan fingerprint density at radius 1 is 0.778 bits per heavy atom. The maximum atomic E-state index is 6.32. The standard InChI is InChI=1S/C24H20BrNO/c25-22-21(17-16-18-10-4-1-5-11-18)26-24(20-14-8-3-9-15-20)27-23(22)19-12-6-2-7-13-19/h1-17,21-23H/b17-16+/t21-,22+,23-/m0/s1. The van der Waals surface area contributed by atoms with E-state index in [1.54, 1.807) is 0 Å². The van der Waals surface area contributed by atoms with Gasteiger partial charge in [-0.25, -0.2) is 4.99 Å². The van der Waals surface area contributed by atoms with E-state index in [0.29, 0.717) is 5.90 Å². The van der Waals surface area contributed by atoms with E-state index in [2.05, 4.69) is 52.3 Å². The lowest BCUT2D eigenvalue weighted by Gasteiger charge is -2.32. The van der Waals surface area contributed by atoms with Gasteiger partial charge in [0.25, 0.3) is 0 Å². The van der Waals surface area contributed by atoms with Crippen LogP contribution in [0, 0.1) is 0 Å². The summed E-state index contributed by atoms with van der Waals surface area (Å²) in [6, 6.07) is 30.7. The average molecular weight is 418 g/mol. The largest absolute Gasteiger partial charge is 0.468 e. The van der Waals surface area contributed by atoms with E-state index < -0.39 is 0 Å². The second-order valence-electron chi connectivity index (χ2n) is 6.45. The molecule has 1 aliphatic rings. The fourth-order valence-electron chi connectivity index (χ4n) is 3.14. The van der Waals surface area contributed by atoms with Crippen LogP contribution in [0.4, 0.5) is 0 Å². The van der Waals surface area contributed by atoms with E-state index in [-0.39, 0.29) is 17.0 Å². The van der Waals surface area contributed by atoms with Crippen molar-refractivity contribution < 1.29 is 4.74 Å². The van der Waals surface area contributed by atoms with Crippen molar-refractivity contribution in [2.45, 2.75) is 17.0 Å². The van der Waals surface area contributed by atoms with Crippen LogP contribution in [0.5, 0.6) is 0 Å². The minimum absolute atomic E-state index is 0.0284. The van der Waals surface area contributed by atoms with Gasteiger partial charge in [0.05, 0.1) is 10.9 Å². The minimum Gasteiger partial charge on any atom is -0.468 e. The number of halogens is 1. The van der Waals surface area contributed by atoms with Crippen LogP contribution in [0.3, 0.4) is 0 Å². The van der Waals surface area contributed by atoms with Crippen molar-refractivity contribution >= 4 is 27.9 Å². The molecule has 1 heterocycles. The highest BCUT2D eigenvalue weighted by atomic mass is 79.9. The van der Waals surface area contributed by atoms with Gasteiger partial charge in [-0.3, -0.25) is 0 Å². The summed E-state index contributed by atoms with van der Waals surface area (Å²) in [5.41, 5.74) is 3.30. The molecular formula is C24H20BrNO. The summed E-state index contributed by atoms with van der Waals surface area (Å²) in [6.45, 7) is 0. The molecule has 3 aromatic rings. The normalized spacial score (nSPS) is 22.3. The van der Waals surface area contributed by atoms with E-state index in [4.69, 9.17) is 9.73 Å². The highest BCUT2D eigenvalue weighted by Crippen LogP contribution is 2.35. The van der Waals surface area contributed by atoms with E-state index in [1.165, 1.54) is 0 Å².